The van der Waals surface area contributed by atoms with Crippen LogP contribution in [-0.4, -0.2) is 0 Å². The van der Waals surface area contributed by atoms with Crippen LogP contribution in [0.4, 0.5) is 0 Å². The quantitative estimate of drug-likeness (QED) is 0.367. The first-order valence-corrected chi connectivity index (χ1v) is 7.83. The lowest BCUT2D eigenvalue weighted by atomic mass is 9.83. The molecule has 0 heterocycles. The molecule has 0 radical (unpaired) electrons. The van der Waals surface area contributed by atoms with Gasteiger partial charge in [-0.1, -0.05) is 83.3 Å². The number of hydrogen-bond acceptors (Lipinski definition) is 0. The van der Waals surface area contributed by atoms with Crippen molar-refractivity contribution in [3.8, 4) is 11.1 Å². The fourth-order valence-corrected chi connectivity index (χ4v) is 4.12. The molecule has 1 atom stereocenters. The molecule has 0 bridgehead atoms. The first kappa shape index (κ1) is 11.5. The Morgan fingerprint density at radius 1 is 0.842 bits per heavy atom. The number of rotatable bonds is 0. The Morgan fingerprint density at radius 2 is 1.63 bits per heavy atom. The number of halogens is 1. The van der Waals surface area contributed by atoms with Crippen LogP contribution in [-0.2, 0) is 6.42 Å². The number of fused-ring (bicyclic) bond motifs is 5. The van der Waals surface area contributed by atoms with E-state index in [2.05, 4.69) is 83.3 Å². The van der Waals surface area contributed by atoms with Gasteiger partial charge < -0.3 is 0 Å². The fourth-order valence-electron chi connectivity index (χ4n) is 3.11. The van der Waals surface area contributed by atoms with Crippen LogP contribution < -0.4 is 0 Å². The van der Waals surface area contributed by atoms with Gasteiger partial charge in [0.2, 0.25) is 0 Å². The second-order valence-corrected chi connectivity index (χ2v) is 6.58. The molecule has 0 aromatic heterocycles. The average molecular weight is 356 g/mol. The van der Waals surface area contributed by atoms with Crippen molar-refractivity contribution in [3.63, 3.8) is 0 Å². The van der Waals surface area contributed by atoms with Crippen LogP contribution in [0, 0.1) is 0 Å². The highest BCUT2D eigenvalue weighted by molar-refractivity contribution is 14.1. The van der Waals surface area contributed by atoms with Gasteiger partial charge in [0, 0.05) is 3.92 Å². The molecule has 0 fully saturated rings. The number of hydrogen-bond donors (Lipinski definition) is 0. The van der Waals surface area contributed by atoms with E-state index in [1.54, 1.807) is 0 Å². The summed E-state index contributed by atoms with van der Waals surface area (Å²) in [7, 11) is 0. The lowest BCUT2D eigenvalue weighted by molar-refractivity contribution is 0.951. The Morgan fingerprint density at radius 3 is 2.58 bits per heavy atom. The van der Waals surface area contributed by atoms with Gasteiger partial charge in [0.15, 0.2) is 0 Å². The maximum absolute atomic E-state index is 2.57. The summed E-state index contributed by atoms with van der Waals surface area (Å²) in [6, 6.07) is 22.1. The molecule has 0 saturated heterocycles. The van der Waals surface area contributed by atoms with Crippen molar-refractivity contribution in [1.82, 2.24) is 0 Å². The topological polar surface area (TPSA) is 0 Å². The molecule has 1 aliphatic rings. The second kappa shape index (κ2) is 4.34. The van der Waals surface area contributed by atoms with E-state index in [1.807, 2.05) is 0 Å². The molecule has 3 aromatic rings. The minimum absolute atomic E-state index is 0.586. The molecule has 4 rings (SSSR count). The van der Waals surface area contributed by atoms with Crippen LogP contribution in [0.2, 0.25) is 0 Å². The van der Waals surface area contributed by atoms with E-state index >= 15 is 0 Å². The molecule has 1 heteroatoms. The molecule has 0 spiro atoms. The standard InChI is InChI=1S/C18H13I/c19-17-11-13-10-9-12-5-1-2-6-14(12)18(13)16-8-4-3-7-15(16)17/h1-10,17H,11H2. The summed E-state index contributed by atoms with van der Waals surface area (Å²) in [5.74, 6) is 0. The second-order valence-electron chi connectivity index (χ2n) is 5.08. The summed E-state index contributed by atoms with van der Waals surface area (Å²) in [6.45, 7) is 0. The monoisotopic (exact) mass is 356 g/mol. The molecule has 3 aromatic carbocycles. The molecular formula is C18H13I. The molecule has 0 N–H and O–H groups in total. The Bertz CT molecular complexity index is 773. The van der Waals surface area contributed by atoms with Crippen LogP contribution in [0.15, 0.2) is 60.7 Å². The summed E-state index contributed by atoms with van der Waals surface area (Å²) < 4.78 is 0.586. The van der Waals surface area contributed by atoms with Gasteiger partial charge in [0.25, 0.3) is 0 Å². The van der Waals surface area contributed by atoms with E-state index in [0.717, 1.165) is 6.42 Å². The molecule has 0 aliphatic heterocycles. The third-order valence-corrected chi connectivity index (χ3v) is 5.09. The summed E-state index contributed by atoms with van der Waals surface area (Å²) in [4.78, 5) is 0. The van der Waals surface area contributed by atoms with Crippen LogP contribution in [0.25, 0.3) is 21.9 Å². The molecule has 0 saturated carbocycles. The highest BCUT2D eigenvalue weighted by atomic mass is 127. The normalized spacial score (nSPS) is 17.0. The largest absolute Gasteiger partial charge is 0.0770 e. The summed E-state index contributed by atoms with van der Waals surface area (Å²) in [5.41, 5.74) is 5.82. The highest BCUT2D eigenvalue weighted by Crippen LogP contribution is 2.45. The summed E-state index contributed by atoms with van der Waals surface area (Å²) in [6.07, 6.45) is 1.14. The molecule has 1 unspecified atom stereocenters. The average Bonchev–Trinajstić information content (AvgIpc) is 2.47. The third-order valence-electron chi connectivity index (χ3n) is 3.98. The first-order valence-electron chi connectivity index (χ1n) is 6.58. The van der Waals surface area contributed by atoms with E-state index in [1.165, 1.54) is 33.0 Å². The van der Waals surface area contributed by atoms with Gasteiger partial charge >= 0.3 is 0 Å². The Balaban J connectivity index is 2.14. The van der Waals surface area contributed by atoms with E-state index < -0.39 is 0 Å². The van der Waals surface area contributed by atoms with Crippen molar-refractivity contribution in [2.75, 3.05) is 0 Å². The Kier molecular flexibility index (Phi) is 2.62. The number of benzene rings is 3. The highest BCUT2D eigenvalue weighted by Gasteiger charge is 2.23. The van der Waals surface area contributed by atoms with E-state index in [4.69, 9.17) is 0 Å². The van der Waals surface area contributed by atoms with Gasteiger partial charge in [0.05, 0.1) is 0 Å². The maximum Gasteiger partial charge on any atom is 0.0406 e. The maximum atomic E-state index is 2.57. The van der Waals surface area contributed by atoms with Crippen molar-refractivity contribution >= 4 is 33.4 Å². The van der Waals surface area contributed by atoms with Gasteiger partial charge in [-0.15, -0.1) is 0 Å². The van der Waals surface area contributed by atoms with Gasteiger partial charge in [-0.25, -0.2) is 0 Å². The van der Waals surface area contributed by atoms with Crippen molar-refractivity contribution < 1.29 is 0 Å². The molecule has 0 amide bonds. The van der Waals surface area contributed by atoms with E-state index in [0.29, 0.717) is 3.92 Å². The SMILES string of the molecule is IC1Cc2ccc3ccccc3c2-c2ccccc21. The third kappa shape index (κ3) is 1.71. The van der Waals surface area contributed by atoms with E-state index in [-0.39, 0.29) is 0 Å². The molecule has 92 valence electrons. The van der Waals surface area contributed by atoms with Crippen LogP contribution in [0.5, 0.6) is 0 Å². The molecule has 1 aliphatic carbocycles. The Labute approximate surface area is 126 Å². The van der Waals surface area contributed by atoms with Crippen molar-refractivity contribution in [2.45, 2.75) is 10.3 Å². The smallest absolute Gasteiger partial charge is 0.0406 e. The number of alkyl halides is 1. The van der Waals surface area contributed by atoms with Gasteiger partial charge in [-0.05, 0) is 39.4 Å². The van der Waals surface area contributed by atoms with Crippen molar-refractivity contribution in [1.29, 1.82) is 0 Å². The van der Waals surface area contributed by atoms with Crippen LogP contribution in [0.3, 0.4) is 0 Å². The molecule has 0 nitrogen and oxygen atoms in total. The lowest BCUT2D eigenvalue weighted by Gasteiger charge is -2.25. The molecule has 19 heavy (non-hydrogen) atoms. The minimum atomic E-state index is 0.586. The lowest BCUT2D eigenvalue weighted by Crippen LogP contribution is -2.06. The van der Waals surface area contributed by atoms with Crippen LogP contribution >= 0.6 is 22.6 Å². The zero-order chi connectivity index (χ0) is 12.8. The Hall–Kier alpha value is -1.35. The summed E-state index contributed by atoms with van der Waals surface area (Å²) in [5, 5.41) is 2.72. The first-order chi connectivity index (χ1) is 9.34. The zero-order valence-corrected chi connectivity index (χ0v) is 12.6. The van der Waals surface area contributed by atoms with Crippen molar-refractivity contribution in [2.24, 2.45) is 0 Å². The minimum Gasteiger partial charge on any atom is -0.0770 e. The zero-order valence-electron chi connectivity index (χ0n) is 10.4. The van der Waals surface area contributed by atoms with E-state index in [9.17, 15) is 0 Å². The van der Waals surface area contributed by atoms with Crippen molar-refractivity contribution in [3.05, 3.63) is 71.8 Å². The predicted octanol–water partition coefficient (Wildman–Crippen LogP) is 5.54. The van der Waals surface area contributed by atoms with Gasteiger partial charge in [-0.2, -0.15) is 0 Å². The summed E-state index contributed by atoms with van der Waals surface area (Å²) >= 11 is 2.57. The van der Waals surface area contributed by atoms with Crippen LogP contribution in [0.1, 0.15) is 15.1 Å². The fraction of sp³-hybridized carbons (Fsp3) is 0.111. The van der Waals surface area contributed by atoms with Gasteiger partial charge in [0.1, 0.15) is 0 Å². The predicted molar refractivity (Wildman–Crippen MR) is 89.8 cm³/mol. The van der Waals surface area contributed by atoms with Gasteiger partial charge in [-0.3, -0.25) is 0 Å². The molecular weight excluding hydrogens is 343 g/mol.